The van der Waals surface area contributed by atoms with E-state index < -0.39 is 12.3 Å². The van der Waals surface area contributed by atoms with Gasteiger partial charge in [0.15, 0.2) is 0 Å². The summed E-state index contributed by atoms with van der Waals surface area (Å²) in [4.78, 5) is 0. The summed E-state index contributed by atoms with van der Waals surface area (Å²) in [5, 5.41) is 18.5. The van der Waals surface area contributed by atoms with Gasteiger partial charge in [0.25, 0.3) is 0 Å². The molecule has 0 bridgehead atoms. The lowest BCUT2D eigenvalue weighted by molar-refractivity contribution is 0.0528. The van der Waals surface area contributed by atoms with Crippen molar-refractivity contribution in [3.8, 4) is 5.69 Å². The molecule has 3 nitrogen and oxygen atoms in total. The number of hydrogen-bond acceptors (Lipinski definition) is 2. The zero-order chi connectivity index (χ0) is 21.6. The van der Waals surface area contributed by atoms with Crippen LogP contribution in [0.2, 0.25) is 0 Å². The first-order valence-corrected chi connectivity index (χ1v) is 10.0. The molecule has 5 aromatic rings. The van der Waals surface area contributed by atoms with Crippen LogP contribution in [0.25, 0.3) is 27.4 Å². The second-order valence-electron chi connectivity index (χ2n) is 7.78. The molecule has 0 radical (unpaired) electrons. The van der Waals surface area contributed by atoms with E-state index in [0.29, 0.717) is 11.1 Å². The summed E-state index contributed by atoms with van der Waals surface area (Å²) < 4.78 is 29.5. The van der Waals surface area contributed by atoms with Crippen molar-refractivity contribution in [1.82, 2.24) is 9.78 Å². The number of aliphatic hydroxyl groups is 1. The Balaban J connectivity index is 1.68. The smallest absolute Gasteiger partial charge is 0.144 e. The van der Waals surface area contributed by atoms with Crippen LogP contribution in [0.3, 0.4) is 0 Å². The van der Waals surface area contributed by atoms with E-state index in [1.807, 2.05) is 49.4 Å². The standard InChI is InChI=1S/C26H20F2N2O/c1-17-6-7-18-4-2-3-5-23(18)25(17)26(31,16-27)20-8-13-24-19(14-20)15-29-30(24)22-11-9-21(28)10-12-22/h2-15,31H,16H2,1H3. The number of aromatic nitrogens is 2. The van der Waals surface area contributed by atoms with Crippen LogP contribution in [0, 0.1) is 12.7 Å². The van der Waals surface area contributed by atoms with Gasteiger partial charge in [0.05, 0.1) is 17.4 Å². The number of halogens is 2. The average molecular weight is 414 g/mol. The first-order chi connectivity index (χ1) is 15.0. The normalized spacial score (nSPS) is 13.5. The fourth-order valence-corrected chi connectivity index (χ4v) is 4.30. The van der Waals surface area contributed by atoms with Crippen LogP contribution in [0.4, 0.5) is 8.78 Å². The Morgan fingerprint density at radius 3 is 2.48 bits per heavy atom. The molecule has 31 heavy (non-hydrogen) atoms. The Morgan fingerprint density at radius 2 is 1.71 bits per heavy atom. The van der Waals surface area contributed by atoms with E-state index in [1.165, 1.54) is 12.1 Å². The van der Waals surface area contributed by atoms with Crippen LogP contribution in [0.5, 0.6) is 0 Å². The zero-order valence-electron chi connectivity index (χ0n) is 16.9. The maximum Gasteiger partial charge on any atom is 0.144 e. The third kappa shape index (κ3) is 3.09. The zero-order valence-corrected chi connectivity index (χ0v) is 16.9. The molecule has 154 valence electrons. The summed E-state index contributed by atoms with van der Waals surface area (Å²) in [6, 6.07) is 22.9. The lowest BCUT2D eigenvalue weighted by Gasteiger charge is -2.29. The Bertz CT molecular complexity index is 1410. The second-order valence-corrected chi connectivity index (χ2v) is 7.78. The van der Waals surface area contributed by atoms with Gasteiger partial charge in [-0.1, -0.05) is 42.5 Å². The topological polar surface area (TPSA) is 38.1 Å². The highest BCUT2D eigenvalue weighted by atomic mass is 19.1. The molecule has 1 heterocycles. The second kappa shape index (κ2) is 7.29. The van der Waals surface area contributed by atoms with E-state index in [4.69, 9.17) is 0 Å². The summed E-state index contributed by atoms with van der Waals surface area (Å²) in [5.41, 5.74) is 1.55. The van der Waals surface area contributed by atoms with Crippen molar-refractivity contribution in [3.63, 3.8) is 0 Å². The monoisotopic (exact) mass is 414 g/mol. The van der Waals surface area contributed by atoms with Gasteiger partial charge in [-0.25, -0.2) is 13.5 Å². The van der Waals surface area contributed by atoms with Gasteiger partial charge in [-0.05, 0) is 65.2 Å². The van der Waals surface area contributed by atoms with E-state index in [1.54, 1.807) is 35.1 Å². The molecule has 0 spiro atoms. The molecule has 1 aromatic heterocycles. The van der Waals surface area contributed by atoms with Gasteiger partial charge in [-0.3, -0.25) is 0 Å². The number of hydrogen-bond donors (Lipinski definition) is 1. The molecule has 0 saturated heterocycles. The highest BCUT2D eigenvalue weighted by Crippen LogP contribution is 2.38. The molecule has 0 aliphatic heterocycles. The SMILES string of the molecule is Cc1ccc2ccccc2c1C(O)(CF)c1ccc2c(cnn2-c2ccc(F)cc2)c1. The Labute approximate surface area is 178 Å². The summed E-state index contributed by atoms with van der Waals surface area (Å²) in [5.74, 6) is -0.319. The van der Waals surface area contributed by atoms with Gasteiger partial charge >= 0.3 is 0 Å². The fraction of sp³-hybridized carbons (Fsp3) is 0.115. The van der Waals surface area contributed by atoms with Crippen LogP contribution < -0.4 is 0 Å². The molecular formula is C26H20F2N2O. The van der Waals surface area contributed by atoms with Crippen LogP contribution in [0.15, 0.2) is 85.1 Å². The predicted molar refractivity (Wildman–Crippen MR) is 119 cm³/mol. The van der Waals surface area contributed by atoms with Crippen molar-refractivity contribution < 1.29 is 13.9 Å². The van der Waals surface area contributed by atoms with E-state index in [0.717, 1.165) is 32.9 Å². The van der Waals surface area contributed by atoms with Crippen molar-refractivity contribution in [2.75, 3.05) is 6.67 Å². The molecule has 0 fully saturated rings. The number of fused-ring (bicyclic) bond motifs is 2. The lowest BCUT2D eigenvalue weighted by Crippen LogP contribution is -2.31. The van der Waals surface area contributed by atoms with E-state index in [9.17, 15) is 13.9 Å². The summed E-state index contributed by atoms with van der Waals surface area (Å²) >= 11 is 0. The highest BCUT2D eigenvalue weighted by molar-refractivity contribution is 5.89. The van der Waals surface area contributed by atoms with E-state index in [2.05, 4.69) is 5.10 Å². The lowest BCUT2D eigenvalue weighted by atomic mass is 9.81. The summed E-state index contributed by atoms with van der Waals surface area (Å²) in [7, 11) is 0. The summed E-state index contributed by atoms with van der Waals surface area (Å²) in [6.07, 6.45) is 1.66. The minimum Gasteiger partial charge on any atom is -0.378 e. The van der Waals surface area contributed by atoms with Crippen LogP contribution in [-0.2, 0) is 5.60 Å². The van der Waals surface area contributed by atoms with Gasteiger partial charge in [0.2, 0.25) is 0 Å². The van der Waals surface area contributed by atoms with Gasteiger partial charge in [-0.15, -0.1) is 0 Å². The maximum atomic E-state index is 14.5. The predicted octanol–water partition coefficient (Wildman–Crippen LogP) is 5.83. The molecule has 1 N–H and O–H groups in total. The van der Waals surface area contributed by atoms with E-state index in [-0.39, 0.29) is 5.82 Å². The van der Waals surface area contributed by atoms with Crippen LogP contribution in [-0.4, -0.2) is 21.6 Å². The summed E-state index contributed by atoms with van der Waals surface area (Å²) in [6.45, 7) is 0.924. The van der Waals surface area contributed by atoms with Crippen molar-refractivity contribution in [2.45, 2.75) is 12.5 Å². The third-order valence-electron chi connectivity index (χ3n) is 5.86. The fourth-order valence-electron chi connectivity index (χ4n) is 4.30. The number of benzene rings is 4. The highest BCUT2D eigenvalue weighted by Gasteiger charge is 2.35. The van der Waals surface area contributed by atoms with Gasteiger partial charge in [-0.2, -0.15) is 5.10 Å². The number of aryl methyl sites for hydroxylation is 1. The van der Waals surface area contributed by atoms with Crippen LogP contribution in [0.1, 0.15) is 16.7 Å². The number of rotatable bonds is 4. The molecular weight excluding hydrogens is 394 g/mol. The molecule has 1 unspecified atom stereocenters. The van der Waals surface area contributed by atoms with Gasteiger partial charge in [0.1, 0.15) is 18.1 Å². The molecule has 1 atom stereocenters. The maximum absolute atomic E-state index is 14.5. The van der Waals surface area contributed by atoms with Crippen LogP contribution >= 0.6 is 0 Å². The van der Waals surface area contributed by atoms with Gasteiger partial charge < -0.3 is 5.11 Å². The van der Waals surface area contributed by atoms with E-state index >= 15 is 0 Å². The average Bonchev–Trinajstić information content (AvgIpc) is 3.22. The molecule has 0 aliphatic carbocycles. The molecule has 5 heteroatoms. The first-order valence-electron chi connectivity index (χ1n) is 10.0. The van der Waals surface area contributed by atoms with Crippen molar-refractivity contribution in [3.05, 3.63) is 108 Å². The van der Waals surface area contributed by atoms with Crippen molar-refractivity contribution in [2.24, 2.45) is 0 Å². The minimum absolute atomic E-state index is 0.319. The molecule has 0 amide bonds. The minimum atomic E-state index is -1.79. The quantitative estimate of drug-likeness (QED) is 0.402. The van der Waals surface area contributed by atoms with Crippen molar-refractivity contribution >= 4 is 21.7 Å². The molecule has 0 saturated carbocycles. The molecule has 0 aliphatic rings. The number of nitrogens with zero attached hydrogens (tertiary/aromatic N) is 2. The Hall–Kier alpha value is -3.57. The Morgan fingerprint density at radius 1 is 0.935 bits per heavy atom. The third-order valence-corrected chi connectivity index (χ3v) is 5.86. The van der Waals surface area contributed by atoms with Crippen molar-refractivity contribution in [1.29, 1.82) is 0 Å². The molecule has 5 rings (SSSR count). The Kier molecular flexibility index (Phi) is 4.56. The molecule has 4 aromatic carbocycles. The number of alkyl halides is 1. The van der Waals surface area contributed by atoms with Gasteiger partial charge in [0, 0.05) is 10.9 Å². The largest absolute Gasteiger partial charge is 0.378 e. The first kappa shape index (κ1) is 19.4.